The van der Waals surface area contributed by atoms with Crippen LogP contribution in [0.5, 0.6) is 5.75 Å². The molecular weight excluding hydrogens is 528 g/mol. The fourth-order valence-electron chi connectivity index (χ4n) is 4.94. The number of rotatable bonds is 8. The number of aromatic nitrogens is 7. The minimum Gasteiger partial charge on any atom is -0.485 e. The molecule has 0 spiro atoms. The standard InChI is InChI=1S/C27H26N10O4/c1-14-5-6-28-24(30-14)18-8-19(18)26(39)32-22-7-17(10-29-33-22)41-13-16-11-37-25(31-16)21(9-20(34-37)15-3-4-15)36-12-23(38)35(2)27(36)40/h5-7,9-11,15,18-19H,3-4,8,12-13H2,1-2H3,(H,32,33,39). The number of carbonyl (C=O) groups excluding carboxylic acids is 3. The van der Waals surface area contributed by atoms with E-state index in [1.165, 1.54) is 18.1 Å². The van der Waals surface area contributed by atoms with Crippen LogP contribution in [0.1, 0.15) is 54.0 Å². The summed E-state index contributed by atoms with van der Waals surface area (Å²) in [5.74, 6) is 1.01. The van der Waals surface area contributed by atoms with E-state index in [1.807, 2.05) is 19.1 Å². The molecule has 41 heavy (non-hydrogen) atoms. The predicted molar refractivity (Wildman–Crippen MR) is 143 cm³/mol. The third-order valence-corrected chi connectivity index (χ3v) is 7.49. The number of likely N-dealkylation sites (N-methyl/N-ethyl adjacent to an activating group) is 1. The first kappa shape index (κ1) is 25.0. The van der Waals surface area contributed by atoms with E-state index < -0.39 is 6.03 Å². The molecule has 208 valence electrons. The van der Waals surface area contributed by atoms with Crippen molar-refractivity contribution in [2.45, 2.75) is 44.6 Å². The normalized spacial score (nSPS) is 20.1. The van der Waals surface area contributed by atoms with Gasteiger partial charge in [-0.3, -0.25) is 19.4 Å². The lowest BCUT2D eigenvalue weighted by atomic mass is 10.2. The Morgan fingerprint density at radius 2 is 2.05 bits per heavy atom. The second-order valence-corrected chi connectivity index (χ2v) is 10.6. The molecule has 1 N–H and O–H groups in total. The maximum atomic E-state index is 12.8. The van der Waals surface area contributed by atoms with Crippen molar-refractivity contribution >= 4 is 35.0 Å². The molecule has 3 aliphatic rings. The highest BCUT2D eigenvalue weighted by atomic mass is 16.5. The fraction of sp³-hybridized carbons (Fsp3) is 0.370. The zero-order chi connectivity index (χ0) is 28.2. The Hall–Kier alpha value is -5.01. The van der Waals surface area contributed by atoms with E-state index in [0.29, 0.717) is 40.9 Å². The predicted octanol–water partition coefficient (Wildman–Crippen LogP) is 2.21. The SMILES string of the molecule is Cc1ccnc(C2CC2C(=O)Nc2cc(OCc3cn4nc(C5CC5)cc(N5CC(=O)N(C)C5=O)c4n3)cnn2)n1. The Morgan fingerprint density at radius 3 is 2.80 bits per heavy atom. The number of ether oxygens (including phenoxy) is 1. The Morgan fingerprint density at radius 1 is 1.20 bits per heavy atom. The van der Waals surface area contributed by atoms with E-state index in [-0.39, 0.29) is 42.6 Å². The summed E-state index contributed by atoms with van der Waals surface area (Å²) in [5, 5.41) is 15.5. The van der Waals surface area contributed by atoms with Crippen LogP contribution in [0, 0.1) is 12.8 Å². The number of imidazole rings is 1. The average molecular weight is 555 g/mol. The molecule has 2 atom stereocenters. The molecule has 7 rings (SSSR count). The lowest BCUT2D eigenvalue weighted by Crippen LogP contribution is -2.30. The minimum atomic E-state index is -0.396. The van der Waals surface area contributed by atoms with Gasteiger partial charge in [-0.1, -0.05) is 0 Å². The van der Waals surface area contributed by atoms with E-state index in [4.69, 9.17) is 9.84 Å². The van der Waals surface area contributed by atoms with Crippen LogP contribution < -0.4 is 15.0 Å². The first-order chi connectivity index (χ1) is 19.8. The van der Waals surface area contributed by atoms with Crippen LogP contribution in [0.25, 0.3) is 5.65 Å². The quantitative estimate of drug-likeness (QED) is 0.320. The molecule has 1 saturated heterocycles. The van der Waals surface area contributed by atoms with Crippen LogP contribution in [0.4, 0.5) is 16.3 Å². The summed E-state index contributed by atoms with van der Waals surface area (Å²) in [5.41, 5.74) is 3.30. The van der Waals surface area contributed by atoms with Gasteiger partial charge in [-0.2, -0.15) is 10.2 Å². The van der Waals surface area contributed by atoms with Gasteiger partial charge in [0, 0.05) is 42.8 Å². The number of hydrogen-bond acceptors (Lipinski definition) is 10. The summed E-state index contributed by atoms with van der Waals surface area (Å²) in [6, 6.07) is 4.88. The van der Waals surface area contributed by atoms with Gasteiger partial charge in [-0.05, 0) is 38.3 Å². The summed E-state index contributed by atoms with van der Waals surface area (Å²) in [6.45, 7) is 1.93. The van der Waals surface area contributed by atoms with Crippen molar-refractivity contribution in [3.05, 3.63) is 59.7 Å². The number of nitrogens with one attached hydrogen (secondary N) is 1. The third-order valence-electron chi connectivity index (χ3n) is 7.49. The summed E-state index contributed by atoms with van der Waals surface area (Å²) in [7, 11) is 1.47. The van der Waals surface area contributed by atoms with E-state index in [2.05, 4.69) is 30.5 Å². The van der Waals surface area contributed by atoms with Gasteiger partial charge in [0.2, 0.25) is 11.8 Å². The van der Waals surface area contributed by atoms with Crippen molar-refractivity contribution in [3.63, 3.8) is 0 Å². The Bertz CT molecular complexity index is 1720. The molecule has 1 aliphatic heterocycles. The fourth-order valence-corrected chi connectivity index (χ4v) is 4.94. The highest BCUT2D eigenvalue weighted by molar-refractivity contribution is 6.13. The number of urea groups is 1. The van der Waals surface area contributed by atoms with Crippen molar-refractivity contribution in [1.29, 1.82) is 0 Å². The number of fused-ring (bicyclic) bond motifs is 1. The molecule has 0 aromatic carbocycles. The molecule has 0 bridgehead atoms. The Balaban J connectivity index is 1.05. The Labute approximate surface area is 233 Å². The minimum absolute atomic E-state index is 0.00866. The van der Waals surface area contributed by atoms with Gasteiger partial charge in [0.1, 0.15) is 24.7 Å². The second-order valence-electron chi connectivity index (χ2n) is 10.6. The monoisotopic (exact) mass is 554 g/mol. The van der Waals surface area contributed by atoms with Gasteiger partial charge >= 0.3 is 6.03 Å². The molecular formula is C27H26N10O4. The zero-order valence-electron chi connectivity index (χ0n) is 22.4. The molecule has 3 fully saturated rings. The van der Waals surface area contributed by atoms with Gasteiger partial charge in [0.05, 0.1) is 29.5 Å². The molecule has 2 saturated carbocycles. The number of anilines is 2. The molecule has 4 aromatic heterocycles. The van der Waals surface area contributed by atoms with Crippen molar-refractivity contribution in [3.8, 4) is 5.75 Å². The second kappa shape index (κ2) is 9.57. The summed E-state index contributed by atoms with van der Waals surface area (Å²) in [6.07, 6.45) is 7.64. The molecule has 14 heteroatoms. The average Bonchev–Trinajstić information content (AvgIpc) is 3.89. The molecule has 4 aromatic rings. The van der Waals surface area contributed by atoms with Crippen molar-refractivity contribution in [2.75, 3.05) is 23.8 Å². The molecule has 2 aliphatic carbocycles. The third kappa shape index (κ3) is 4.81. The van der Waals surface area contributed by atoms with Crippen LogP contribution >= 0.6 is 0 Å². The largest absolute Gasteiger partial charge is 0.485 e. The van der Waals surface area contributed by atoms with Crippen LogP contribution in [0.3, 0.4) is 0 Å². The maximum absolute atomic E-state index is 12.8. The zero-order valence-corrected chi connectivity index (χ0v) is 22.4. The van der Waals surface area contributed by atoms with E-state index in [1.54, 1.807) is 23.0 Å². The first-order valence-corrected chi connectivity index (χ1v) is 13.4. The molecule has 5 heterocycles. The topological polar surface area (TPSA) is 161 Å². The summed E-state index contributed by atoms with van der Waals surface area (Å²) in [4.78, 5) is 53.6. The molecule has 2 unspecified atom stereocenters. The molecule has 0 radical (unpaired) electrons. The number of aryl methyl sites for hydroxylation is 1. The highest BCUT2D eigenvalue weighted by Gasteiger charge is 2.46. The van der Waals surface area contributed by atoms with Crippen LogP contribution in [0.2, 0.25) is 0 Å². The lowest BCUT2D eigenvalue weighted by Gasteiger charge is -2.16. The van der Waals surface area contributed by atoms with Gasteiger partial charge in [0.25, 0.3) is 0 Å². The molecule has 14 nitrogen and oxygen atoms in total. The molecule has 4 amide bonds. The highest BCUT2D eigenvalue weighted by Crippen LogP contribution is 2.46. The summed E-state index contributed by atoms with van der Waals surface area (Å²) >= 11 is 0. The van der Waals surface area contributed by atoms with Crippen molar-refractivity contribution in [2.24, 2.45) is 5.92 Å². The van der Waals surface area contributed by atoms with E-state index in [9.17, 15) is 14.4 Å². The van der Waals surface area contributed by atoms with Crippen LogP contribution in [-0.4, -0.2) is 71.1 Å². The van der Waals surface area contributed by atoms with Crippen molar-refractivity contribution < 1.29 is 19.1 Å². The smallest absolute Gasteiger partial charge is 0.331 e. The van der Waals surface area contributed by atoms with E-state index >= 15 is 0 Å². The Kier molecular flexibility index (Phi) is 5.83. The van der Waals surface area contributed by atoms with Crippen molar-refractivity contribution in [1.82, 2.24) is 39.7 Å². The van der Waals surface area contributed by atoms with Crippen LogP contribution in [0.15, 0.2) is 36.8 Å². The van der Waals surface area contributed by atoms with Gasteiger partial charge in [-0.25, -0.2) is 24.3 Å². The maximum Gasteiger partial charge on any atom is 0.331 e. The number of hydrogen-bond donors (Lipinski definition) is 1. The number of carbonyl (C=O) groups is 3. The number of nitrogens with zero attached hydrogens (tertiary/aromatic N) is 9. The van der Waals surface area contributed by atoms with Crippen LogP contribution in [-0.2, 0) is 16.2 Å². The van der Waals surface area contributed by atoms with E-state index in [0.717, 1.165) is 29.1 Å². The van der Waals surface area contributed by atoms with Gasteiger partial charge in [0.15, 0.2) is 11.5 Å². The first-order valence-electron chi connectivity index (χ1n) is 13.4. The van der Waals surface area contributed by atoms with Gasteiger partial charge < -0.3 is 10.1 Å². The number of amides is 4. The van der Waals surface area contributed by atoms with Gasteiger partial charge in [-0.15, -0.1) is 5.10 Å². The summed E-state index contributed by atoms with van der Waals surface area (Å²) < 4.78 is 7.55. The lowest BCUT2D eigenvalue weighted by molar-refractivity contribution is -0.124. The number of imide groups is 1.